The number of nitrogens with zero attached hydrogens (tertiary/aromatic N) is 1. The molecule has 86 valence electrons. The number of hydrogen-bond donors (Lipinski definition) is 3. The van der Waals surface area contributed by atoms with Gasteiger partial charge in [0.2, 0.25) is 0 Å². The Hall–Kier alpha value is -1.46. The first-order chi connectivity index (χ1) is 7.59. The lowest BCUT2D eigenvalue weighted by molar-refractivity contribution is 0.476. The zero-order chi connectivity index (χ0) is 11.7. The normalized spacial score (nSPS) is 22.1. The Morgan fingerprint density at radius 3 is 2.88 bits per heavy atom. The summed E-state index contributed by atoms with van der Waals surface area (Å²) >= 11 is 0. The molecule has 5 N–H and O–H groups in total. The average Bonchev–Trinajstić information content (AvgIpc) is 2.26. The topological polar surface area (TPSA) is 76.4 Å². The van der Waals surface area contributed by atoms with Gasteiger partial charge in [0.1, 0.15) is 5.82 Å². The summed E-state index contributed by atoms with van der Waals surface area (Å²) in [6, 6.07) is 3.88. The van der Waals surface area contributed by atoms with E-state index in [-0.39, 0.29) is 23.9 Å². The average molecular weight is 222 g/mol. The number of hydrogen-bond acceptors (Lipinski definition) is 4. The summed E-state index contributed by atoms with van der Waals surface area (Å²) in [4.78, 5) is 4.26. The molecule has 1 aliphatic heterocycles. The van der Waals surface area contributed by atoms with Crippen molar-refractivity contribution in [1.29, 1.82) is 0 Å². The minimum atomic E-state index is -0.283. The third-order valence-electron chi connectivity index (χ3n) is 2.76. The Morgan fingerprint density at radius 1 is 1.44 bits per heavy atom. The van der Waals surface area contributed by atoms with Crippen molar-refractivity contribution in [2.45, 2.75) is 25.0 Å². The molecule has 0 saturated carbocycles. The van der Waals surface area contributed by atoms with E-state index in [2.05, 4.69) is 10.3 Å². The van der Waals surface area contributed by atoms with Gasteiger partial charge in [0.25, 0.3) is 0 Å². The van der Waals surface area contributed by atoms with Crippen molar-refractivity contribution in [3.8, 4) is 0 Å². The molecule has 2 rings (SSSR count). The highest BCUT2D eigenvalue weighted by Gasteiger charge is 2.26. The van der Waals surface area contributed by atoms with E-state index in [9.17, 15) is 4.39 Å². The minimum Gasteiger partial charge on any atom is -0.346 e. The molecular weight excluding hydrogens is 207 g/mol. The second-order valence-electron chi connectivity index (χ2n) is 4.04. The van der Waals surface area contributed by atoms with E-state index in [0.717, 1.165) is 5.56 Å². The van der Waals surface area contributed by atoms with Crippen LogP contribution in [0.15, 0.2) is 23.2 Å². The van der Waals surface area contributed by atoms with Gasteiger partial charge in [-0.05, 0) is 19.1 Å². The van der Waals surface area contributed by atoms with Crippen LogP contribution in [-0.2, 0) is 0 Å². The maximum absolute atomic E-state index is 13.0. The number of halogens is 1. The highest BCUT2D eigenvalue weighted by molar-refractivity contribution is 5.80. The van der Waals surface area contributed by atoms with E-state index in [1.165, 1.54) is 18.5 Å². The van der Waals surface area contributed by atoms with Gasteiger partial charge in [-0.2, -0.15) is 0 Å². The summed E-state index contributed by atoms with van der Waals surface area (Å²) in [5, 5.41) is 2.90. The van der Waals surface area contributed by atoms with E-state index in [1.807, 2.05) is 6.92 Å². The van der Waals surface area contributed by atoms with Crippen LogP contribution in [0.5, 0.6) is 0 Å². The molecule has 1 aromatic carbocycles. The fourth-order valence-electron chi connectivity index (χ4n) is 1.77. The van der Waals surface area contributed by atoms with Crippen LogP contribution in [0.4, 0.5) is 10.1 Å². The van der Waals surface area contributed by atoms with Gasteiger partial charge in [0.05, 0.1) is 12.4 Å². The second-order valence-corrected chi connectivity index (χ2v) is 4.04. The summed E-state index contributed by atoms with van der Waals surface area (Å²) in [5.41, 5.74) is 13.3. The van der Waals surface area contributed by atoms with Crippen molar-refractivity contribution < 1.29 is 4.39 Å². The summed E-state index contributed by atoms with van der Waals surface area (Å²) < 4.78 is 13.0. The monoisotopic (exact) mass is 222 g/mol. The van der Waals surface area contributed by atoms with Crippen LogP contribution in [0.25, 0.3) is 0 Å². The van der Waals surface area contributed by atoms with Gasteiger partial charge in [0.15, 0.2) is 0 Å². The first kappa shape index (κ1) is 11.0. The van der Waals surface area contributed by atoms with Gasteiger partial charge in [-0.1, -0.05) is 6.07 Å². The van der Waals surface area contributed by atoms with Crippen LogP contribution < -0.4 is 16.8 Å². The third kappa shape index (κ3) is 1.91. The molecule has 0 bridgehead atoms. The number of nitrogens with two attached hydrogens (primary N) is 2. The molecular formula is C11H15FN4. The lowest BCUT2D eigenvalue weighted by atomic mass is 9.94. The molecule has 1 heterocycles. The highest BCUT2D eigenvalue weighted by atomic mass is 19.1. The van der Waals surface area contributed by atoms with Crippen molar-refractivity contribution in [3.63, 3.8) is 0 Å². The molecule has 0 radical (unpaired) electrons. The Balaban J connectivity index is 2.37. The van der Waals surface area contributed by atoms with Gasteiger partial charge in [0, 0.05) is 23.3 Å². The summed E-state index contributed by atoms with van der Waals surface area (Å²) in [6.07, 6.45) is 1.54. The van der Waals surface area contributed by atoms with Gasteiger partial charge in [-0.25, -0.2) is 4.39 Å². The van der Waals surface area contributed by atoms with Crippen LogP contribution >= 0.6 is 0 Å². The molecule has 3 unspecified atom stereocenters. The van der Waals surface area contributed by atoms with Crippen LogP contribution in [0, 0.1) is 5.82 Å². The number of anilines is 1. The predicted molar refractivity (Wildman–Crippen MR) is 62.9 cm³/mol. The van der Waals surface area contributed by atoms with Crippen molar-refractivity contribution >= 4 is 12.0 Å². The fourth-order valence-corrected chi connectivity index (χ4v) is 1.77. The van der Waals surface area contributed by atoms with Crippen LogP contribution in [0.2, 0.25) is 0 Å². The minimum absolute atomic E-state index is 0.168. The molecule has 0 aromatic heterocycles. The smallest absolute Gasteiger partial charge is 0.125 e. The molecule has 0 aliphatic carbocycles. The molecule has 3 atom stereocenters. The quantitative estimate of drug-likeness (QED) is 0.698. The van der Waals surface area contributed by atoms with Gasteiger partial charge < -0.3 is 16.8 Å². The molecule has 1 aliphatic rings. The summed E-state index contributed by atoms with van der Waals surface area (Å²) in [6.45, 7) is 1.84. The van der Waals surface area contributed by atoms with E-state index in [1.54, 1.807) is 6.07 Å². The van der Waals surface area contributed by atoms with Crippen molar-refractivity contribution in [2.75, 3.05) is 5.32 Å². The number of fused-ring (bicyclic) bond motifs is 1. The van der Waals surface area contributed by atoms with E-state index >= 15 is 0 Å². The Morgan fingerprint density at radius 2 is 2.19 bits per heavy atom. The van der Waals surface area contributed by atoms with Crippen molar-refractivity contribution in [1.82, 2.24) is 0 Å². The third-order valence-corrected chi connectivity index (χ3v) is 2.76. The molecule has 16 heavy (non-hydrogen) atoms. The zero-order valence-electron chi connectivity index (χ0n) is 9.02. The first-order valence-corrected chi connectivity index (χ1v) is 5.18. The van der Waals surface area contributed by atoms with Gasteiger partial charge >= 0.3 is 0 Å². The predicted octanol–water partition coefficient (Wildman–Crippen LogP) is 0.995. The van der Waals surface area contributed by atoms with E-state index in [0.29, 0.717) is 5.69 Å². The largest absolute Gasteiger partial charge is 0.346 e. The second kappa shape index (κ2) is 4.19. The van der Waals surface area contributed by atoms with Gasteiger partial charge in [-0.15, -0.1) is 0 Å². The van der Waals surface area contributed by atoms with Crippen molar-refractivity contribution in [3.05, 3.63) is 29.6 Å². The Kier molecular flexibility index (Phi) is 2.89. The fraction of sp³-hybridized carbons (Fsp3) is 0.364. The molecule has 0 saturated heterocycles. The number of nitrogens with one attached hydrogen (secondary N) is 1. The molecule has 5 heteroatoms. The summed E-state index contributed by atoms with van der Waals surface area (Å²) in [7, 11) is 0. The van der Waals surface area contributed by atoms with Crippen LogP contribution in [-0.4, -0.2) is 18.4 Å². The van der Waals surface area contributed by atoms with Crippen LogP contribution in [0.3, 0.4) is 0 Å². The SMILES string of the molecule is CC(N)C(N)C1N=CNc2cc(F)ccc21. The number of aliphatic imine (C=N–C) groups is 1. The maximum atomic E-state index is 13.0. The Bertz CT molecular complexity index is 416. The number of benzene rings is 1. The molecule has 0 spiro atoms. The van der Waals surface area contributed by atoms with Crippen molar-refractivity contribution in [2.24, 2.45) is 16.5 Å². The van der Waals surface area contributed by atoms with Gasteiger partial charge in [-0.3, -0.25) is 4.99 Å². The number of rotatable bonds is 2. The van der Waals surface area contributed by atoms with E-state index in [4.69, 9.17) is 11.5 Å². The lowest BCUT2D eigenvalue weighted by Gasteiger charge is -2.28. The Labute approximate surface area is 93.5 Å². The standard InChI is InChI=1S/C11H15FN4/c1-6(13)10(14)11-8-3-2-7(12)4-9(8)15-5-16-11/h2-6,10-11H,13-14H2,1H3,(H,15,16). The molecule has 0 amide bonds. The molecule has 4 nitrogen and oxygen atoms in total. The lowest BCUT2D eigenvalue weighted by Crippen LogP contribution is -2.43. The molecule has 0 fully saturated rings. The maximum Gasteiger partial charge on any atom is 0.125 e. The highest BCUT2D eigenvalue weighted by Crippen LogP contribution is 2.31. The molecule has 1 aromatic rings. The zero-order valence-corrected chi connectivity index (χ0v) is 9.02. The first-order valence-electron chi connectivity index (χ1n) is 5.18. The van der Waals surface area contributed by atoms with E-state index < -0.39 is 0 Å². The van der Waals surface area contributed by atoms with Crippen LogP contribution in [0.1, 0.15) is 18.5 Å². The summed E-state index contributed by atoms with van der Waals surface area (Å²) in [5.74, 6) is -0.283.